The number of benzene rings is 4. The van der Waals surface area contributed by atoms with E-state index in [0.717, 1.165) is 39.6 Å². The molecule has 0 aromatic heterocycles. The van der Waals surface area contributed by atoms with Crippen LogP contribution in [0.15, 0.2) is 97.1 Å². The molecule has 4 aromatic carbocycles. The number of aliphatic hydroxyl groups excluding tert-OH is 1. The number of anilines is 4. The average molecular weight is 633 g/mol. The van der Waals surface area contributed by atoms with E-state index in [0.29, 0.717) is 19.3 Å². The van der Waals surface area contributed by atoms with Gasteiger partial charge in [-0.2, -0.15) is 0 Å². The number of para-hydroxylation sites is 2. The number of carbonyl (C=O) groups excluding carboxylic acids is 2. The molecule has 3 aliphatic heterocycles. The van der Waals surface area contributed by atoms with E-state index >= 15 is 4.79 Å². The van der Waals surface area contributed by atoms with Gasteiger partial charge in [-0.3, -0.25) is 19.4 Å². The summed E-state index contributed by atoms with van der Waals surface area (Å²) in [7, 11) is -0.658. The van der Waals surface area contributed by atoms with E-state index in [1.165, 1.54) is 5.19 Å². The molecule has 1 spiro atoms. The first-order valence-electron chi connectivity index (χ1n) is 16.1. The number of hydrogen-bond acceptors (Lipinski definition) is 5. The Bertz CT molecular complexity index is 1790. The number of hydrogen-bond donors (Lipinski definition) is 1. The molecule has 4 atom stereocenters. The highest BCUT2D eigenvalue weighted by molar-refractivity contribution is 6.91. The molecule has 0 unspecified atom stereocenters. The summed E-state index contributed by atoms with van der Waals surface area (Å²) in [4.78, 5) is 32.1. The molecule has 0 bridgehead atoms. The maximum Gasteiger partial charge on any atom is 0.268 e. The molecule has 46 heavy (non-hydrogen) atoms. The third kappa shape index (κ3) is 4.53. The van der Waals surface area contributed by atoms with Gasteiger partial charge in [-0.1, -0.05) is 73.7 Å². The number of rotatable bonds is 7. The smallest absolute Gasteiger partial charge is 0.268 e. The molecule has 0 radical (unpaired) electrons. The highest BCUT2D eigenvalue weighted by atomic mass is 28.3. The van der Waals surface area contributed by atoms with Crippen molar-refractivity contribution >= 4 is 47.8 Å². The van der Waals surface area contributed by atoms with Crippen LogP contribution < -0.4 is 19.7 Å². The van der Waals surface area contributed by atoms with E-state index in [4.69, 9.17) is 9.47 Å². The van der Waals surface area contributed by atoms with Crippen LogP contribution in [0.1, 0.15) is 30.9 Å². The van der Waals surface area contributed by atoms with E-state index in [9.17, 15) is 9.90 Å². The molecule has 1 N–H and O–H groups in total. The van der Waals surface area contributed by atoms with E-state index < -0.39 is 13.7 Å². The number of amides is 2. The summed E-state index contributed by atoms with van der Waals surface area (Å²) in [5, 5.41) is 11.5. The van der Waals surface area contributed by atoms with Crippen LogP contribution >= 0.6 is 0 Å². The largest absolute Gasteiger partial charge is 0.497 e. The fourth-order valence-corrected chi connectivity index (χ4v) is 12.4. The van der Waals surface area contributed by atoms with Gasteiger partial charge in [0.2, 0.25) is 5.91 Å². The Morgan fingerprint density at radius 3 is 2.30 bits per heavy atom. The van der Waals surface area contributed by atoms with Crippen molar-refractivity contribution in [2.24, 2.45) is 5.92 Å². The summed E-state index contributed by atoms with van der Waals surface area (Å²) in [5.74, 6) is 0.481. The maximum atomic E-state index is 15.0. The van der Waals surface area contributed by atoms with Crippen molar-refractivity contribution < 1.29 is 24.2 Å². The van der Waals surface area contributed by atoms with Gasteiger partial charge in [-0.15, -0.1) is 0 Å². The van der Waals surface area contributed by atoms with Gasteiger partial charge in [0.05, 0.1) is 32.7 Å². The molecule has 3 heterocycles. The van der Waals surface area contributed by atoms with Crippen LogP contribution in [-0.2, 0) is 26.3 Å². The van der Waals surface area contributed by atoms with Gasteiger partial charge in [0.25, 0.3) is 5.91 Å². The second-order valence-electron chi connectivity index (χ2n) is 13.2. The van der Waals surface area contributed by atoms with E-state index in [-0.39, 0.29) is 36.0 Å². The third-order valence-electron chi connectivity index (χ3n) is 10.5. The molecule has 2 amide bonds. The van der Waals surface area contributed by atoms with Crippen molar-refractivity contribution in [2.45, 2.75) is 56.5 Å². The predicted octanol–water partition coefficient (Wildman–Crippen LogP) is 6.58. The van der Waals surface area contributed by atoms with Gasteiger partial charge >= 0.3 is 0 Å². The number of methoxy groups -OCH3 is 1. The van der Waals surface area contributed by atoms with E-state index in [1.807, 2.05) is 78.9 Å². The van der Waals surface area contributed by atoms with Crippen LogP contribution in [0.3, 0.4) is 0 Å². The second kappa shape index (κ2) is 11.5. The van der Waals surface area contributed by atoms with Crippen LogP contribution in [0, 0.1) is 5.92 Å². The summed E-state index contributed by atoms with van der Waals surface area (Å²) in [6.45, 7) is 6.76. The van der Waals surface area contributed by atoms with Crippen LogP contribution in [-0.4, -0.2) is 44.8 Å². The van der Waals surface area contributed by atoms with E-state index in [1.54, 1.807) is 16.9 Å². The van der Waals surface area contributed by atoms with Gasteiger partial charge in [-0.05, 0) is 72.5 Å². The lowest BCUT2D eigenvalue weighted by Crippen LogP contribution is -2.51. The molecule has 3 aliphatic rings. The summed E-state index contributed by atoms with van der Waals surface area (Å²) in [6, 6.07) is 31.9. The maximum absolute atomic E-state index is 15.0. The van der Waals surface area contributed by atoms with Gasteiger partial charge in [0, 0.05) is 35.9 Å². The molecular weight excluding hydrogens is 593 g/mol. The standard InChI is InChI=1S/C38H40N2O5Si/c1-25-36(46(3,4)30-18-16-29(44-2)17-19-30)34(22-23-41)45-38(25)31-24-28(39-32-13-9-8-10-26(32)14-21-35(39)42)15-20-33(31)40(37(38)43)27-11-6-5-7-12-27/h5-13,15-20,24-25,34,36,41H,14,21-23H2,1-4H3/t25-,34+,36-,38+/m1/s1. The first kappa shape index (κ1) is 30.4. The highest BCUT2D eigenvalue weighted by Crippen LogP contribution is 2.61. The van der Waals surface area contributed by atoms with Crippen LogP contribution in [0.25, 0.3) is 0 Å². The Kier molecular flexibility index (Phi) is 7.62. The summed E-state index contributed by atoms with van der Waals surface area (Å²) in [6.07, 6.45) is 1.21. The van der Waals surface area contributed by atoms with Crippen molar-refractivity contribution in [2.75, 3.05) is 23.5 Å². The highest BCUT2D eigenvalue weighted by Gasteiger charge is 2.66. The Morgan fingerprint density at radius 1 is 0.870 bits per heavy atom. The zero-order chi connectivity index (χ0) is 32.2. The Labute approximate surface area is 271 Å². The second-order valence-corrected chi connectivity index (χ2v) is 17.9. The van der Waals surface area contributed by atoms with Gasteiger partial charge in [0.1, 0.15) is 5.75 Å². The van der Waals surface area contributed by atoms with E-state index in [2.05, 4.69) is 38.2 Å². The molecule has 7 rings (SSSR count). The number of nitrogens with zero attached hydrogens (tertiary/aromatic N) is 2. The number of ether oxygens (including phenoxy) is 2. The molecule has 0 aliphatic carbocycles. The lowest BCUT2D eigenvalue weighted by molar-refractivity contribution is -0.145. The van der Waals surface area contributed by atoms with Gasteiger partial charge in [0.15, 0.2) is 5.60 Å². The van der Waals surface area contributed by atoms with Crippen molar-refractivity contribution in [1.29, 1.82) is 0 Å². The zero-order valence-electron chi connectivity index (χ0n) is 26.8. The first-order valence-corrected chi connectivity index (χ1v) is 19.2. The van der Waals surface area contributed by atoms with Crippen molar-refractivity contribution in [3.05, 3.63) is 108 Å². The van der Waals surface area contributed by atoms with Gasteiger partial charge < -0.3 is 14.6 Å². The fraction of sp³-hybridized carbons (Fsp3) is 0.316. The summed E-state index contributed by atoms with van der Waals surface area (Å²) >= 11 is 0. The number of aliphatic hydroxyl groups is 1. The average Bonchev–Trinajstić information content (AvgIpc) is 3.51. The predicted molar refractivity (Wildman–Crippen MR) is 183 cm³/mol. The SMILES string of the molecule is COc1ccc([Si](C)(C)[C@H]2[C@H](CCO)O[C@@]3(C(=O)N(c4ccccc4)c4ccc(N5C(=O)CCc6ccccc65)cc43)[C@@H]2C)cc1. The van der Waals surface area contributed by atoms with Crippen molar-refractivity contribution in [3.8, 4) is 5.75 Å². The van der Waals surface area contributed by atoms with Crippen molar-refractivity contribution in [3.63, 3.8) is 0 Å². The lowest BCUT2D eigenvalue weighted by atomic mass is 9.82. The minimum Gasteiger partial charge on any atom is -0.497 e. The molecule has 4 aromatic rings. The molecule has 236 valence electrons. The first-order chi connectivity index (χ1) is 22.2. The topological polar surface area (TPSA) is 79.3 Å². The summed E-state index contributed by atoms with van der Waals surface area (Å²) < 4.78 is 12.6. The molecule has 1 fully saturated rings. The van der Waals surface area contributed by atoms with Crippen molar-refractivity contribution in [1.82, 2.24) is 0 Å². The quantitative estimate of drug-likeness (QED) is 0.233. The normalized spacial score (nSPS) is 24.0. The summed E-state index contributed by atoms with van der Waals surface area (Å²) in [5.41, 5.74) is 3.75. The number of fused-ring (bicyclic) bond motifs is 3. The minimum absolute atomic E-state index is 0.0153. The van der Waals surface area contributed by atoms with Crippen LogP contribution in [0.2, 0.25) is 18.6 Å². The van der Waals surface area contributed by atoms with Crippen LogP contribution in [0.4, 0.5) is 22.7 Å². The lowest BCUT2D eigenvalue weighted by Gasteiger charge is -2.37. The Hall–Kier alpha value is -4.24. The molecular formula is C38H40N2O5Si. The van der Waals surface area contributed by atoms with Crippen LogP contribution in [0.5, 0.6) is 5.75 Å². The number of aryl methyl sites for hydroxylation is 1. The Balaban J connectivity index is 1.40. The monoisotopic (exact) mass is 632 g/mol. The molecule has 1 saturated heterocycles. The molecule has 0 saturated carbocycles. The third-order valence-corrected chi connectivity index (χ3v) is 14.9. The zero-order valence-corrected chi connectivity index (χ0v) is 27.8. The molecule has 7 nitrogen and oxygen atoms in total. The number of carbonyl (C=O) groups is 2. The van der Waals surface area contributed by atoms with Gasteiger partial charge in [-0.25, -0.2) is 0 Å². The fourth-order valence-electron chi connectivity index (χ4n) is 8.31. The minimum atomic E-state index is -2.32. The Morgan fingerprint density at radius 2 is 1.59 bits per heavy atom. The molecule has 8 heteroatoms.